The Morgan fingerprint density at radius 2 is 1.87 bits per heavy atom. The van der Waals surface area contributed by atoms with Crippen molar-refractivity contribution in [1.82, 2.24) is 0 Å². The van der Waals surface area contributed by atoms with Crippen molar-refractivity contribution in [3.05, 3.63) is 71.3 Å². The number of methoxy groups -OCH3 is 1. The summed E-state index contributed by atoms with van der Waals surface area (Å²) in [6, 6.07) is 15.6. The van der Waals surface area contributed by atoms with E-state index in [0.717, 1.165) is 0 Å². The van der Waals surface area contributed by atoms with Gasteiger partial charge in [0.05, 0.1) is 49.8 Å². The van der Waals surface area contributed by atoms with Crippen LogP contribution in [0.4, 0.5) is 0 Å². The fourth-order valence-electron chi connectivity index (χ4n) is 4.91. The predicted molar refractivity (Wildman–Crippen MR) is 148 cm³/mol. The van der Waals surface area contributed by atoms with Crippen LogP contribution < -0.4 is 0 Å². The molecule has 39 heavy (non-hydrogen) atoms. The van der Waals surface area contributed by atoms with E-state index in [1.165, 1.54) is 7.11 Å². The molecule has 0 saturated carbocycles. The SMILES string of the molecule is [2H]C([2H])([2H])C(CCCC1(CS(=O)(=O)CCO)COC1)(C(=O)OCc1ccccc1)c1cccc(C[C@H](C)C(=O)OC)c1. The molecular weight excluding hydrogens is 520 g/mol. The van der Waals surface area contributed by atoms with Crippen LogP contribution >= 0.6 is 0 Å². The Labute approximate surface area is 235 Å². The number of hydrogen-bond donors (Lipinski definition) is 1. The molecule has 3 rings (SSSR count). The van der Waals surface area contributed by atoms with Crippen LogP contribution in [0.5, 0.6) is 0 Å². The van der Waals surface area contributed by atoms with Crippen molar-refractivity contribution < 1.29 is 41.4 Å². The largest absolute Gasteiger partial charge is 0.469 e. The number of esters is 2. The molecular formula is C30H40O8S. The number of aliphatic hydroxyl groups is 1. The standard InChI is InChI=1S/C30H40O8S/c1-23(27(32)36-3)17-25-11-7-12-26(18-25)29(2,28(33)38-19-24-9-5-4-6-10-24)13-8-14-30(20-37-21-30)22-39(34,35)16-15-31/h4-7,9-12,18,23,31H,8,13-17,19-22H2,1-3H3/t23-,29?/m0/s1/i2D3. The van der Waals surface area contributed by atoms with Crippen LogP contribution in [0, 0.1) is 11.3 Å². The van der Waals surface area contributed by atoms with Gasteiger partial charge in [-0.3, -0.25) is 9.59 Å². The van der Waals surface area contributed by atoms with Gasteiger partial charge in [-0.1, -0.05) is 67.9 Å². The third-order valence-corrected chi connectivity index (χ3v) is 8.99. The van der Waals surface area contributed by atoms with Crippen LogP contribution in [0.15, 0.2) is 54.6 Å². The van der Waals surface area contributed by atoms with Crippen LogP contribution in [-0.4, -0.2) is 63.9 Å². The highest BCUT2D eigenvalue weighted by Gasteiger charge is 2.43. The summed E-state index contributed by atoms with van der Waals surface area (Å²) in [7, 11) is -2.25. The Morgan fingerprint density at radius 3 is 2.49 bits per heavy atom. The van der Waals surface area contributed by atoms with Gasteiger partial charge in [0, 0.05) is 9.53 Å². The molecule has 0 bridgehead atoms. The zero-order chi connectivity index (χ0) is 31.0. The number of benzene rings is 2. The van der Waals surface area contributed by atoms with Gasteiger partial charge in [0.15, 0.2) is 9.84 Å². The molecule has 0 radical (unpaired) electrons. The minimum absolute atomic E-state index is 0.117. The zero-order valence-electron chi connectivity index (χ0n) is 25.6. The third-order valence-electron chi connectivity index (χ3n) is 7.13. The Kier molecular flexibility index (Phi) is 9.19. The first-order valence-corrected chi connectivity index (χ1v) is 14.9. The second-order valence-electron chi connectivity index (χ2n) is 10.5. The van der Waals surface area contributed by atoms with Gasteiger partial charge in [0.1, 0.15) is 6.61 Å². The highest BCUT2D eigenvalue weighted by molar-refractivity contribution is 7.91. The monoisotopic (exact) mass is 563 g/mol. The van der Waals surface area contributed by atoms with E-state index in [1.54, 1.807) is 55.5 Å². The summed E-state index contributed by atoms with van der Waals surface area (Å²) in [5.41, 5.74) is -1.18. The average molecular weight is 564 g/mol. The summed E-state index contributed by atoms with van der Waals surface area (Å²) in [5.74, 6) is -2.36. The lowest BCUT2D eigenvalue weighted by atomic mass is 9.74. The summed E-state index contributed by atoms with van der Waals surface area (Å²) in [6.45, 7) is -1.34. The molecule has 1 fully saturated rings. The van der Waals surface area contributed by atoms with Crippen molar-refractivity contribution in [2.75, 3.05) is 38.4 Å². The molecule has 8 nitrogen and oxygen atoms in total. The van der Waals surface area contributed by atoms with Gasteiger partial charge in [-0.2, -0.15) is 0 Å². The molecule has 1 aliphatic heterocycles. The molecule has 0 amide bonds. The molecule has 214 valence electrons. The van der Waals surface area contributed by atoms with Crippen molar-refractivity contribution in [1.29, 1.82) is 0 Å². The van der Waals surface area contributed by atoms with Crippen molar-refractivity contribution in [2.45, 2.75) is 51.5 Å². The third kappa shape index (κ3) is 8.37. The number of ether oxygens (including phenoxy) is 3. The van der Waals surface area contributed by atoms with Crippen LogP contribution in [0.3, 0.4) is 0 Å². The fraction of sp³-hybridized carbons (Fsp3) is 0.533. The summed E-state index contributed by atoms with van der Waals surface area (Å²) < 4.78 is 66.6. The predicted octanol–water partition coefficient (Wildman–Crippen LogP) is 3.63. The number of hydrogen-bond acceptors (Lipinski definition) is 8. The second-order valence-corrected chi connectivity index (χ2v) is 12.6. The van der Waals surface area contributed by atoms with Gasteiger partial charge in [-0.15, -0.1) is 0 Å². The molecule has 0 spiro atoms. The summed E-state index contributed by atoms with van der Waals surface area (Å²) in [4.78, 5) is 26.0. The van der Waals surface area contributed by atoms with E-state index in [9.17, 15) is 18.0 Å². The zero-order valence-corrected chi connectivity index (χ0v) is 23.4. The molecule has 1 saturated heterocycles. The van der Waals surface area contributed by atoms with Crippen LogP contribution in [-0.2, 0) is 52.1 Å². The molecule has 2 atom stereocenters. The lowest BCUT2D eigenvalue weighted by Gasteiger charge is -2.42. The Hall–Kier alpha value is -2.75. The smallest absolute Gasteiger partial charge is 0.316 e. The van der Waals surface area contributed by atoms with Gasteiger partial charge in [-0.25, -0.2) is 8.42 Å². The van der Waals surface area contributed by atoms with Crippen molar-refractivity contribution in [3.63, 3.8) is 0 Å². The van der Waals surface area contributed by atoms with Gasteiger partial charge in [0.2, 0.25) is 0 Å². The number of rotatable bonds is 15. The molecule has 2 aromatic rings. The van der Waals surface area contributed by atoms with E-state index in [1.807, 2.05) is 6.07 Å². The molecule has 0 aliphatic carbocycles. The summed E-state index contributed by atoms with van der Waals surface area (Å²) in [5, 5.41) is 9.15. The Morgan fingerprint density at radius 1 is 1.15 bits per heavy atom. The Balaban J connectivity index is 1.96. The number of sulfone groups is 1. The van der Waals surface area contributed by atoms with E-state index < -0.39 is 52.0 Å². The number of aliphatic hydroxyl groups excluding tert-OH is 1. The maximum Gasteiger partial charge on any atom is 0.316 e. The summed E-state index contributed by atoms with van der Waals surface area (Å²) in [6.07, 6.45) is 0.662. The maximum absolute atomic E-state index is 13.9. The Bertz CT molecular complexity index is 1310. The molecule has 0 aromatic heterocycles. The average Bonchev–Trinajstić information content (AvgIpc) is 2.92. The minimum atomic E-state index is -3.55. The van der Waals surface area contributed by atoms with Crippen LogP contribution in [0.1, 0.15) is 53.8 Å². The molecule has 9 heteroatoms. The van der Waals surface area contributed by atoms with Crippen LogP contribution in [0.25, 0.3) is 0 Å². The lowest BCUT2D eigenvalue weighted by molar-refractivity contribution is -0.152. The first-order chi connectivity index (χ1) is 19.8. The topological polar surface area (TPSA) is 116 Å². The van der Waals surface area contributed by atoms with Gasteiger partial charge >= 0.3 is 11.9 Å². The highest BCUT2D eigenvalue weighted by atomic mass is 32.2. The molecule has 1 unspecified atom stereocenters. The highest BCUT2D eigenvalue weighted by Crippen LogP contribution is 2.39. The first-order valence-electron chi connectivity index (χ1n) is 14.5. The van der Waals surface area contributed by atoms with Crippen molar-refractivity contribution in [3.8, 4) is 0 Å². The normalized spacial score (nSPS) is 18.4. The van der Waals surface area contributed by atoms with Crippen molar-refractivity contribution in [2.24, 2.45) is 11.3 Å². The molecule has 2 aromatic carbocycles. The minimum Gasteiger partial charge on any atom is -0.469 e. The van der Waals surface area contributed by atoms with E-state index in [4.69, 9.17) is 23.4 Å². The maximum atomic E-state index is 13.9. The molecule has 1 heterocycles. The van der Waals surface area contributed by atoms with E-state index >= 15 is 0 Å². The first kappa shape index (κ1) is 26.5. The van der Waals surface area contributed by atoms with Gasteiger partial charge in [0.25, 0.3) is 0 Å². The van der Waals surface area contributed by atoms with Gasteiger partial charge < -0.3 is 19.3 Å². The fourth-order valence-corrected chi connectivity index (χ4v) is 6.58. The van der Waals surface area contributed by atoms with Crippen molar-refractivity contribution >= 4 is 21.8 Å². The van der Waals surface area contributed by atoms with E-state index in [0.29, 0.717) is 17.5 Å². The summed E-state index contributed by atoms with van der Waals surface area (Å²) >= 11 is 0. The van der Waals surface area contributed by atoms with Gasteiger partial charge in [-0.05, 0) is 42.8 Å². The molecule has 1 aliphatic rings. The quantitative estimate of drug-likeness (QED) is 0.327. The van der Waals surface area contributed by atoms with E-state index in [2.05, 4.69) is 0 Å². The molecule has 1 N–H and O–H groups in total. The van der Waals surface area contributed by atoms with Crippen LogP contribution in [0.2, 0.25) is 0 Å². The lowest BCUT2D eigenvalue weighted by Crippen LogP contribution is -2.48. The van der Waals surface area contributed by atoms with E-state index in [-0.39, 0.29) is 56.2 Å². The number of carbonyl (C=O) groups is 2. The second kappa shape index (κ2) is 13.5. The number of carbonyl (C=O) groups excluding carboxylic acids is 2.